The van der Waals surface area contributed by atoms with E-state index in [9.17, 15) is 14.4 Å². The molecule has 2 aromatic carbocycles. The summed E-state index contributed by atoms with van der Waals surface area (Å²) in [6.45, 7) is 0. The van der Waals surface area contributed by atoms with Crippen molar-refractivity contribution < 1.29 is 19.2 Å². The number of nitrogens with zero attached hydrogens (tertiary/aromatic N) is 1. The topological polar surface area (TPSA) is 63.7 Å². The standard InChI is InChI=1S/C21H17NO4/c23-18-14-8-2-3-9-15(14)19(24)22(18)26-20(25)17-12-21(17)11-5-7-13-6-1-4-10-16(13)21/h1-4,6,8-10,17H,5,7,11-12H2. The molecular formula is C21H17NO4. The molecule has 2 aliphatic carbocycles. The van der Waals surface area contributed by atoms with E-state index in [1.807, 2.05) is 12.1 Å². The Bertz CT molecular complexity index is 931. The van der Waals surface area contributed by atoms with Crippen molar-refractivity contribution in [1.82, 2.24) is 5.06 Å². The highest BCUT2D eigenvalue weighted by molar-refractivity contribution is 6.20. The highest BCUT2D eigenvalue weighted by atomic mass is 16.7. The van der Waals surface area contributed by atoms with Gasteiger partial charge in [-0.15, -0.1) is 0 Å². The quantitative estimate of drug-likeness (QED) is 0.784. The second kappa shape index (κ2) is 5.27. The Morgan fingerprint density at radius 3 is 2.38 bits per heavy atom. The second-order valence-corrected chi connectivity index (χ2v) is 7.28. The van der Waals surface area contributed by atoms with E-state index in [0.717, 1.165) is 19.3 Å². The number of hydroxylamine groups is 2. The molecule has 1 spiro atoms. The zero-order valence-electron chi connectivity index (χ0n) is 14.1. The highest BCUT2D eigenvalue weighted by Crippen LogP contribution is 2.60. The Morgan fingerprint density at radius 2 is 1.65 bits per heavy atom. The van der Waals surface area contributed by atoms with Crippen LogP contribution < -0.4 is 0 Å². The number of benzene rings is 2. The SMILES string of the molecule is O=C(ON1C(=O)c2ccccc2C1=O)C1CC12CCCc1ccccc12. The number of imide groups is 1. The molecule has 1 aliphatic heterocycles. The van der Waals surface area contributed by atoms with Crippen molar-refractivity contribution in [2.45, 2.75) is 31.1 Å². The summed E-state index contributed by atoms with van der Waals surface area (Å²) in [6, 6.07) is 14.7. The molecule has 130 valence electrons. The summed E-state index contributed by atoms with van der Waals surface area (Å²) < 4.78 is 0. The lowest BCUT2D eigenvalue weighted by atomic mass is 9.79. The van der Waals surface area contributed by atoms with Crippen LogP contribution in [0.2, 0.25) is 0 Å². The Hall–Kier alpha value is -2.95. The first-order valence-electron chi connectivity index (χ1n) is 8.90. The Kier molecular flexibility index (Phi) is 3.11. The third kappa shape index (κ3) is 2.00. The fourth-order valence-electron chi connectivity index (χ4n) is 4.54. The second-order valence-electron chi connectivity index (χ2n) is 7.28. The lowest BCUT2D eigenvalue weighted by molar-refractivity contribution is -0.170. The van der Waals surface area contributed by atoms with Gasteiger partial charge < -0.3 is 4.84 Å². The van der Waals surface area contributed by atoms with E-state index in [2.05, 4.69) is 12.1 Å². The zero-order chi connectivity index (χ0) is 17.9. The number of hydrogen-bond acceptors (Lipinski definition) is 4. The van der Waals surface area contributed by atoms with E-state index >= 15 is 0 Å². The maximum atomic E-state index is 12.7. The summed E-state index contributed by atoms with van der Waals surface area (Å²) in [5.41, 5.74) is 2.87. The number of rotatable bonds is 2. The molecule has 2 unspecified atom stereocenters. The molecule has 1 saturated carbocycles. The van der Waals surface area contributed by atoms with Gasteiger partial charge in [0, 0.05) is 5.41 Å². The molecule has 3 aliphatic rings. The van der Waals surface area contributed by atoms with E-state index < -0.39 is 17.8 Å². The van der Waals surface area contributed by atoms with Crippen LogP contribution in [0.5, 0.6) is 0 Å². The van der Waals surface area contributed by atoms with E-state index in [0.29, 0.717) is 11.5 Å². The lowest BCUT2D eigenvalue weighted by Gasteiger charge is -2.26. The molecule has 0 aromatic heterocycles. The van der Waals surface area contributed by atoms with E-state index in [4.69, 9.17) is 4.84 Å². The fraction of sp³-hybridized carbons (Fsp3) is 0.286. The van der Waals surface area contributed by atoms with Crippen molar-refractivity contribution in [3.8, 4) is 0 Å². The van der Waals surface area contributed by atoms with Crippen molar-refractivity contribution in [3.63, 3.8) is 0 Å². The first-order valence-corrected chi connectivity index (χ1v) is 8.90. The van der Waals surface area contributed by atoms with Crippen LogP contribution in [0.4, 0.5) is 0 Å². The van der Waals surface area contributed by atoms with Crippen LogP contribution in [-0.4, -0.2) is 22.8 Å². The molecule has 2 atom stereocenters. The van der Waals surface area contributed by atoms with Crippen molar-refractivity contribution >= 4 is 17.8 Å². The number of hydrogen-bond donors (Lipinski definition) is 0. The number of carbonyl (C=O) groups is 3. The fourth-order valence-corrected chi connectivity index (χ4v) is 4.54. The van der Waals surface area contributed by atoms with Crippen LogP contribution in [0.3, 0.4) is 0 Å². The smallest absolute Gasteiger partial charge is 0.329 e. The van der Waals surface area contributed by atoms with Gasteiger partial charge >= 0.3 is 5.97 Å². The Morgan fingerprint density at radius 1 is 1.00 bits per heavy atom. The van der Waals surface area contributed by atoms with Gasteiger partial charge in [0.15, 0.2) is 0 Å². The minimum atomic E-state index is -0.572. The third-order valence-corrected chi connectivity index (χ3v) is 5.92. The average molecular weight is 347 g/mol. The Labute approximate surface area is 150 Å². The van der Waals surface area contributed by atoms with Crippen molar-refractivity contribution in [2.24, 2.45) is 5.92 Å². The van der Waals surface area contributed by atoms with Gasteiger partial charge in [-0.05, 0) is 48.9 Å². The van der Waals surface area contributed by atoms with Crippen LogP contribution in [-0.2, 0) is 21.5 Å². The molecule has 0 N–H and O–H groups in total. The number of amides is 2. The molecule has 5 nitrogen and oxygen atoms in total. The van der Waals surface area contributed by atoms with Crippen LogP contribution in [0.25, 0.3) is 0 Å². The summed E-state index contributed by atoms with van der Waals surface area (Å²) >= 11 is 0. The molecule has 2 aromatic rings. The minimum Gasteiger partial charge on any atom is -0.329 e. The molecule has 1 fully saturated rings. The monoisotopic (exact) mass is 347 g/mol. The first kappa shape index (κ1) is 15.3. The molecule has 5 rings (SSSR count). The predicted octanol–water partition coefficient (Wildman–Crippen LogP) is 3.04. The van der Waals surface area contributed by atoms with Gasteiger partial charge in [-0.1, -0.05) is 41.5 Å². The van der Waals surface area contributed by atoms with Crippen LogP contribution in [0.15, 0.2) is 48.5 Å². The van der Waals surface area contributed by atoms with Crippen molar-refractivity contribution in [2.75, 3.05) is 0 Å². The van der Waals surface area contributed by atoms with Gasteiger partial charge in [-0.25, -0.2) is 4.79 Å². The summed E-state index contributed by atoms with van der Waals surface area (Å²) in [4.78, 5) is 42.8. The third-order valence-electron chi connectivity index (χ3n) is 5.92. The largest absolute Gasteiger partial charge is 0.337 e. The Balaban J connectivity index is 1.38. The van der Waals surface area contributed by atoms with Crippen molar-refractivity contribution in [1.29, 1.82) is 0 Å². The van der Waals surface area contributed by atoms with Crippen LogP contribution >= 0.6 is 0 Å². The van der Waals surface area contributed by atoms with Gasteiger partial charge in [0.25, 0.3) is 11.8 Å². The van der Waals surface area contributed by atoms with Gasteiger partial charge in [0.1, 0.15) is 0 Å². The highest BCUT2D eigenvalue weighted by Gasteiger charge is 2.62. The van der Waals surface area contributed by atoms with Gasteiger partial charge in [0.2, 0.25) is 0 Å². The van der Waals surface area contributed by atoms with E-state index in [-0.39, 0.29) is 22.5 Å². The maximum Gasteiger partial charge on any atom is 0.337 e. The molecular weight excluding hydrogens is 330 g/mol. The lowest BCUT2D eigenvalue weighted by Crippen LogP contribution is -2.34. The van der Waals surface area contributed by atoms with Gasteiger partial charge in [-0.2, -0.15) is 0 Å². The summed E-state index contributed by atoms with van der Waals surface area (Å²) in [5, 5.41) is 0.619. The first-order chi connectivity index (χ1) is 12.6. The molecule has 5 heteroatoms. The number of carbonyl (C=O) groups excluding carboxylic acids is 3. The molecule has 0 bridgehead atoms. The van der Waals surface area contributed by atoms with E-state index in [1.165, 1.54) is 11.1 Å². The number of fused-ring (bicyclic) bond motifs is 3. The number of aryl methyl sites for hydroxylation is 1. The summed E-state index contributed by atoms with van der Waals surface area (Å²) in [6.07, 6.45) is 3.71. The molecule has 2 amide bonds. The summed E-state index contributed by atoms with van der Waals surface area (Å²) in [7, 11) is 0. The zero-order valence-corrected chi connectivity index (χ0v) is 14.1. The van der Waals surface area contributed by atoms with Gasteiger partial charge in [0.05, 0.1) is 17.0 Å². The normalized spacial score (nSPS) is 25.8. The molecule has 26 heavy (non-hydrogen) atoms. The predicted molar refractivity (Wildman–Crippen MR) is 92.2 cm³/mol. The minimum absolute atomic E-state index is 0.190. The summed E-state index contributed by atoms with van der Waals surface area (Å²) in [5.74, 6) is -1.93. The maximum absolute atomic E-state index is 12.7. The van der Waals surface area contributed by atoms with Crippen molar-refractivity contribution in [3.05, 3.63) is 70.8 Å². The molecule has 0 radical (unpaired) electrons. The molecule has 1 heterocycles. The molecule has 0 saturated heterocycles. The van der Waals surface area contributed by atoms with Crippen LogP contribution in [0.1, 0.15) is 51.1 Å². The van der Waals surface area contributed by atoms with E-state index in [1.54, 1.807) is 24.3 Å². The van der Waals surface area contributed by atoms with Gasteiger partial charge in [-0.3, -0.25) is 9.59 Å². The average Bonchev–Trinajstić information content (AvgIpc) is 3.34. The van der Waals surface area contributed by atoms with Crippen LogP contribution in [0, 0.1) is 5.92 Å².